The molecule has 0 N–H and O–H groups in total. The Morgan fingerprint density at radius 1 is 1.00 bits per heavy atom. The van der Waals surface area contributed by atoms with Gasteiger partial charge in [0.25, 0.3) is 0 Å². The largest absolute Gasteiger partial charge is 0.464 e. The lowest BCUT2D eigenvalue weighted by Crippen LogP contribution is -1.94. The number of hydrogen-bond donors (Lipinski definition) is 0. The first kappa shape index (κ1) is 15.1. The van der Waals surface area contributed by atoms with Crippen LogP contribution in [0.1, 0.15) is 30.0 Å². The molecule has 0 aliphatic heterocycles. The average molecular weight is 342 g/mol. The standard InChI is InChI=1S/C22H18N2O2/c1-14-13-16(26-22-19-9-12-25-20(19)8-11-24-22)6-7-17(14)18-3-2-10-23-21(18)15-4-5-15/h2-3,6-13,15H,4-5H2,1H3. The molecule has 5 rings (SSSR count). The van der Waals surface area contributed by atoms with Crippen molar-refractivity contribution < 1.29 is 9.15 Å². The molecule has 1 aliphatic carbocycles. The first-order valence-corrected chi connectivity index (χ1v) is 8.85. The first-order chi connectivity index (χ1) is 12.8. The van der Waals surface area contributed by atoms with Crippen LogP contribution in [0.15, 0.2) is 65.5 Å². The van der Waals surface area contributed by atoms with Crippen LogP contribution >= 0.6 is 0 Å². The van der Waals surface area contributed by atoms with E-state index in [-0.39, 0.29) is 0 Å². The second kappa shape index (κ2) is 5.99. The molecule has 0 unspecified atom stereocenters. The summed E-state index contributed by atoms with van der Waals surface area (Å²) < 4.78 is 11.4. The highest BCUT2D eigenvalue weighted by atomic mass is 16.5. The molecule has 0 bridgehead atoms. The predicted octanol–water partition coefficient (Wildman–Crippen LogP) is 5.87. The van der Waals surface area contributed by atoms with E-state index in [4.69, 9.17) is 9.15 Å². The molecule has 1 saturated carbocycles. The van der Waals surface area contributed by atoms with Gasteiger partial charge in [-0.15, -0.1) is 0 Å². The van der Waals surface area contributed by atoms with Crippen LogP contribution in [-0.4, -0.2) is 9.97 Å². The number of hydrogen-bond acceptors (Lipinski definition) is 4. The van der Waals surface area contributed by atoms with Crippen LogP contribution < -0.4 is 4.74 Å². The summed E-state index contributed by atoms with van der Waals surface area (Å²) in [5.41, 5.74) is 5.59. The van der Waals surface area contributed by atoms with Gasteiger partial charge in [0.2, 0.25) is 5.88 Å². The highest BCUT2D eigenvalue weighted by molar-refractivity contribution is 5.82. The molecule has 0 atom stereocenters. The van der Waals surface area contributed by atoms with Gasteiger partial charge in [-0.25, -0.2) is 4.98 Å². The second-order valence-electron chi connectivity index (χ2n) is 6.74. The van der Waals surface area contributed by atoms with Gasteiger partial charge in [-0.2, -0.15) is 0 Å². The Bertz CT molecular complexity index is 1100. The molecule has 26 heavy (non-hydrogen) atoms. The Labute approximate surface area is 151 Å². The van der Waals surface area contributed by atoms with Crippen LogP contribution in [0.4, 0.5) is 0 Å². The third kappa shape index (κ3) is 2.64. The van der Waals surface area contributed by atoms with Crippen LogP contribution in [0, 0.1) is 6.92 Å². The second-order valence-corrected chi connectivity index (χ2v) is 6.74. The van der Waals surface area contributed by atoms with Gasteiger partial charge in [0, 0.05) is 23.9 Å². The Balaban J connectivity index is 1.50. The number of rotatable bonds is 4. The molecule has 4 heteroatoms. The Kier molecular flexibility index (Phi) is 3.49. The zero-order valence-electron chi connectivity index (χ0n) is 14.5. The summed E-state index contributed by atoms with van der Waals surface area (Å²) in [6.07, 6.45) is 7.71. The van der Waals surface area contributed by atoms with Crippen molar-refractivity contribution in [3.05, 3.63) is 72.4 Å². The van der Waals surface area contributed by atoms with Crippen molar-refractivity contribution in [3.8, 4) is 22.8 Å². The van der Waals surface area contributed by atoms with Crippen LogP contribution in [0.3, 0.4) is 0 Å². The van der Waals surface area contributed by atoms with E-state index in [9.17, 15) is 0 Å². The quantitative estimate of drug-likeness (QED) is 0.465. The summed E-state index contributed by atoms with van der Waals surface area (Å²) in [5, 5.41) is 0.873. The van der Waals surface area contributed by atoms with Gasteiger partial charge in [0.1, 0.15) is 11.3 Å². The molecule has 0 saturated heterocycles. The number of nitrogens with zero attached hydrogens (tertiary/aromatic N) is 2. The van der Waals surface area contributed by atoms with Crippen molar-refractivity contribution >= 4 is 11.0 Å². The lowest BCUT2D eigenvalue weighted by molar-refractivity contribution is 0.468. The number of aromatic nitrogens is 2. The van der Waals surface area contributed by atoms with E-state index >= 15 is 0 Å². The molecule has 3 heterocycles. The van der Waals surface area contributed by atoms with Gasteiger partial charge in [-0.3, -0.25) is 4.98 Å². The van der Waals surface area contributed by atoms with E-state index in [1.54, 1.807) is 12.5 Å². The zero-order chi connectivity index (χ0) is 17.5. The summed E-state index contributed by atoms with van der Waals surface area (Å²) in [5.74, 6) is 1.94. The number of pyridine rings is 2. The zero-order valence-corrected chi connectivity index (χ0v) is 14.5. The smallest absolute Gasteiger partial charge is 0.230 e. The molecule has 4 aromatic rings. The summed E-state index contributed by atoms with van der Waals surface area (Å²) in [6, 6.07) is 14.0. The van der Waals surface area contributed by atoms with Crippen molar-refractivity contribution in [2.24, 2.45) is 0 Å². The molecule has 3 aromatic heterocycles. The molecule has 128 valence electrons. The van der Waals surface area contributed by atoms with Crippen molar-refractivity contribution in [2.75, 3.05) is 0 Å². The van der Waals surface area contributed by atoms with Crippen molar-refractivity contribution in [1.29, 1.82) is 0 Å². The maximum atomic E-state index is 6.02. The van der Waals surface area contributed by atoms with Crippen LogP contribution in [0.5, 0.6) is 11.6 Å². The lowest BCUT2D eigenvalue weighted by atomic mass is 9.97. The molecular weight excluding hydrogens is 324 g/mol. The van der Waals surface area contributed by atoms with Crippen molar-refractivity contribution in [3.63, 3.8) is 0 Å². The number of aryl methyl sites for hydroxylation is 1. The minimum absolute atomic E-state index is 0.559. The van der Waals surface area contributed by atoms with Crippen molar-refractivity contribution in [1.82, 2.24) is 9.97 Å². The maximum absolute atomic E-state index is 6.02. The third-order valence-electron chi connectivity index (χ3n) is 4.85. The van der Waals surface area contributed by atoms with Crippen LogP contribution in [0.25, 0.3) is 22.1 Å². The molecule has 1 aromatic carbocycles. The van der Waals surface area contributed by atoms with E-state index in [1.807, 2.05) is 30.5 Å². The summed E-state index contributed by atoms with van der Waals surface area (Å²) in [4.78, 5) is 8.96. The first-order valence-electron chi connectivity index (χ1n) is 8.85. The molecular formula is C22H18N2O2. The fraction of sp³-hybridized carbons (Fsp3) is 0.182. The van der Waals surface area contributed by atoms with Crippen molar-refractivity contribution in [2.45, 2.75) is 25.7 Å². The third-order valence-corrected chi connectivity index (χ3v) is 4.85. The summed E-state index contributed by atoms with van der Waals surface area (Å²) in [7, 11) is 0. The summed E-state index contributed by atoms with van der Waals surface area (Å²) in [6.45, 7) is 2.11. The van der Waals surface area contributed by atoms with Gasteiger partial charge in [0.05, 0.1) is 17.3 Å². The average Bonchev–Trinajstić information content (AvgIpc) is 3.39. The van der Waals surface area contributed by atoms with Crippen LogP contribution in [0.2, 0.25) is 0 Å². The van der Waals surface area contributed by atoms with Gasteiger partial charge >= 0.3 is 0 Å². The van der Waals surface area contributed by atoms with Gasteiger partial charge in [0.15, 0.2) is 0 Å². The minimum Gasteiger partial charge on any atom is -0.464 e. The van der Waals surface area contributed by atoms with E-state index in [1.165, 1.54) is 29.7 Å². The monoisotopic (exact) mass is 342 g/mol. The fourth-order valence-corrected chi connectivity index (χ4v) is 3.39. The number of fused-ring (bicyclic) bond motifs is 1. The molecule has 0 amide bonds. The highest BCUT2D eigenvalue weighted by Gasteiger charge is 2.28. The van der Waals surface area contributed by atoms with E-state index in [2.05, 4.69) is 35.1 Å². The van der Waals surface area contributed by atoms with Crippen LogP contribution in [-0.2, 0) is 0 Å². The fourth-order valence-electron chi connectivity index (χ4n) is 3.39. The molecule has 0 radical (unpaired) electrons. The van der Waals surface area contributed by atoms with E-state index in [0.29, 0.717) is 11.8 Å². The normalized spacial score (nSPS) is 13.9. The van der Waals surface area contributed by atoms with Gasteiger partial charge in [-0.1, -0.05) is 12.1 Å². The SMILES string of the molecule is Cc1cc(Oc2nccc3occc23)ccc1-c1cccnc1C1CC1. The number of furan rings is 1. The molecule has 4 nitrogen and oxygen atoms in total. The maximum Gasteiger partial charge on any atom is 0.230 e. The highest BCUT2D eigenvalue weighted by Crippen LogP contribution is 2.44. The Morgan fingerprint density at radius 2 is 1.92 bits per heavy atom. The molecule has 1 fully saturated rings. The molecule has 1 aliphatic rings. The lowest BCUT2D eigenvalue weighted by Gasteiger charge is -2.12. The van der Waals surface area contributed by atoms with E-state index in [0.717, 1.165) is 22.3 Å². The summed E-state index contributed by atoms with van der Waals surface area (Å²) >= 11 is 0. The Morgan fingerprint density at radius 3 is 2.77 bits per heavy atom. The molecule has 0 spiro atoms. The topological polar surface area (TPSA) is 48.2 Å². The number of ether oxygens (including phenoxy) is 1. The van der Waals surface area contributed by atoms with Gasteiger partial charge < -0.3 is 9.15 Å². The van der Waals surface area contributed by atoms with Gasteiger partial charge in [-0.05, 0) is 61.2 Å². The Hall–Kier alpha value is -3.14. The van der Waals surface area contributed by atoms with E-state index < -0.39 is 0 Å². The minimum atomic E-state index is 0.559. The predicted molar refractivity (Wildman–Crippen MR) is 100 cm³/mol. The number of benzene rings is 1.